The Morgan fingerprint density at radius 2 is 1.65 bits per heavy atom. The molecule has 1 aromatic carbocycles. The van der Waals surface area contributed by atoms with Gasteiger partial charge in [-0.1, -0.05) is 27.7 Å². The fourth-order valence-corrected chi connectivity index (χ4v) is 5.23. The summed E-state index contributed by atoms with van der Waals surface area (Å²) >= 11 is 0. The molecule has 0 saturated carbocycles. The number of methoxy groups -OCH3 is 1. The van der Waals surface area contributed by atoms with Crippen LogP contribution in [0.1, 0.15) is 50.9 Å². The second-order valence-corrected chi connectivity index (χ2v) is 10.5. The summed E-state index contributed by atoms with van der Waals surface area (Å²) in [4.78, 5) is 26.8. The maximum Gasteiger partial charge on any atom is 0.338 e. The zero-order chi connectivity index (χ0) is 23.2. The van der Waals surface area contributed by atoms with Crippen molar-refractivity contribution in [2.75, 3.05) is 39.9 Å². The number of esters is 1. The Hall–Kier alpha value is -2.13. The topological polar surface area (TPSA) is 93.2 Å². The molecular weight excluding hydrogens is 420 g/mol. The van der Waals surface area contributed by atoms with Gasteiger partial charge in [0.15, 0.2) is 6.61 Å². The van der Waals surface area contributed by atoms with E-state index in [9.17, 15) is 18.0 Å². The third-order valence-electron chi connectivity index (χ3n) is 4.93. The Labute approximate surface area is 185 Å². The van der Waals surface area contributed by atoms with E-state index in [4.69, 9.17) is 9.47 Å². The quantitative estimate of drug-likeness (QED) is 0.505. The molecule has 0 bridgehead atoms. The standard InChI is InChI=1S/C22H34N2O6S/c1-16(2)13-23(14-17(3)4)21(25)15-30-22(26)18-8-9-19(29-5)20(12-18)31(27,28)24-10-6-7-11-24/h8-9,12,16-17H,6-7,10-11,13-15H2,1-5H3. The van der Waals surface area contributed by atoms with Crippen LogP contribution in [0.5, 0.6) is 5.75 Å². The van der Waals surface area contributed by atoms with Crippen molar-refractivity contribution in [3.8, 4) is 5.75 Å². The first-order valence-corrected chi connectivity index (χ1v) is 12.1. The van der Waals surface area contributed by atoms with Gasteiger partial charge in [0.2, 0.25) is 10.0 Å². The number of nitrogens with zero attached hydrogens (tertiary/aromatic N) is 2. The number of amides is 1. The lowest BCUT2D eigenvalue weighted by Gasteiger charge is -2.26. The van der Waals surface area contributed by atoms with Crippen molar-refractivity contribution in [1.29, 1.82) is 0 Å². The highest BCUT2D eigenvalue weighted by Gasteiger charge is 2.31. The van der Waals surface area contributed by atoms with Gasteiger partial charge in [-0.15, -0.1) is 0 Å². The van der Waals surface area contributed by atoms with Crippen LogP contribution >= 0.6 is 0 Å². The minimum absolute atomic E-state index is 0.0608. The van der Waals surface area contributed by atoms with Crippen molar-refractivity contribution in [3.05, 3.63) is 23.8 Å². The van der Waals surface area contributed by atoms with Gasteiger partial charge >= 0.3 is 5.97 Å². The summed E-state index contributed by atoms with van der Waals surface area (Å²) in [5, 5.41) is 0. The summed E-state index contributed by atoms with van der Waals surface area (Å²) in [5.74, 6) is -0.270. The molecule has 1 fully saturated rings. The fourth-order valence-electron chi connectivity index (χ4n) is 3.53. The van der Waals surface area contributed by atoms with E-state index in [0.29, 0.717) is 38.0 Å². The van der Waals surface area contributed by atoms with Crippen LogP contribution in [0.25, 0.3) is 0 Å². The number of rotatable bonds is 10. The minimum Gasteiger partial charge on any atom is -0.495 e. The Morgan fingerprint density at radius 1 is 1.06 bits per heavy atom. The maximum absolute atomic E-state index is 13.0. The van der Waals surface area contributed by atoms with Crippen LogP contribution in [0.4, 0.5) is 0 Å². The lowest BCUT2D eigenvalue weighted by Crippen LogP contribution is -2.39. The molecule has 2 rings (SSSR count). The van der Waals surface area contributed by atoms with Crippen molar-refractivity contribution in [2.45, 2.75) is 45.4 Å². The number of benzene rings is 1. The molecule has 1 heterocycles. The fraction of sp³-hybridized carbons (Fsp3) is 0.636. The first kappa shape index (κ1) is 25.1. The van der Waals surface area contributed by atoms with E-state index >= 15 is 0 Å². The lowest BCUT2D eigenvalue weighted by atomic mass is 10.1. The summed E-state index contributed by atoms with van der Waals surface area (Å²) in [5.41, 5.74) is 0.0608. The van der Waals surface area contributed by atoms with Crippen LogP contribution in [0.2, 0.25) is 0 Å². The molecule has 1 aliphatic heterocycles. The average molecular weight is 455 g/mol. The van der Waals surface area contributed by atoms with Gasteiger partial charge in [0.25, 0.3) is 5.91 Å². The number of hydrogen-bond donors (Lipinski definition) is 0. The summed E-state index contributed by atoms with van der Waals surface area (Å²) in [6, 6.07) is 4.14. The van der Waals surface area contributed by atoms with Crippen molar-refractivity contribution in [1.82, 2.24) is 9.21 Å². The van der Waals surface area contributed by atoms with Crippen molar-refractivity contribution >= 4 is 21.9 Å². The molecule has 0 unspecified atom stereocenters. The predicted octanol–water partition coefficient (Wildman–Crippen LogP) is 2.78. The molecule has 31 heavy (non-hydrogen) atoms. The summed E-state index contributed by atoms with van der Waals surface area (Å²) < 4.78 is 37.8. The Balaban J connectivity index is 2.15. The SMILES string of the molecule is COc1ccc(C(=O)OCC(=O)N(CC(C)C)CC(C)C)cc1S(=O)(=O)N1CCCC1. The van der Waals surface area contributed by atoms with Crippen LogP contribution < -0.4 is 4.74 Å². The van der Waals surface area contributed by atoms with Crippen molar-refractivity contribution in [3.63, 3.8) is 0 Å². The molecule has 1 saturated heterocycles. The first-order valence-electron chi connectivity index (χ1n) is 10.7. The zero-order valence-electron chi connectivity index (χ0n) is 19.1. The average Bonchev–Trinajstić information content (AvgIpc) is 3.25. The molecule has 1 aromatic rings. The molecule has 0 atom stereocenters. The van der Waals surface area contributed by atoms with Gasteiger partial charge in [-0.25, -0.2) is 13.2 Å². The van der Waals surface area contributed by atoms with E-state index < -0.39 is 22.6 Å². The van der Waals surface area contributed by atoms with Gasteiger partial charge < -0.3 is 14.4 Å². The molecule has 0 radical (unpaired) electrons. The van der Waals surface area contributed by atoms with Crippen LogP contribution in [0.3, 0.4) is 0 Å². The summed E-state index contributed by atoms with van der Waals surface area (Å²) in [7, 11) is -2.40. The number of carbonyl (C=O) groups excluding carboxylic acids is 2. The number of hydrogen-bond acceptors (Lipinski definition) is 6. The van der Waals surface area contributed by atoms with E-state index in [2.05, 4.69) is 0 Å². The van der Waals surface area contributed by atoms with Crippen molar-refractivity contribution < 1.29 is 27.5 Å². The van der Waals surface area contributed by atoms with Gasteiger partial charge in [-0.2, -0.15) is 4.31 Å². The van der Waals surface area contributed by atoms with E-state index in [1.165, 1.54) is 29.6 Å². The third kappa shape index (κ3) is 6.67. The number of ether oxygens (including phenoxy) is 2. The Morgan fingerprint density at radius 3 is 2.16 bits per heavy atom. The molecule has 1 aliphatic rings. The van der Waals surface area contributed by atoms with Crippen LogP contribution in [-0.4, -0.2) is 69.4 Å². The Kier molecular flexibility index (Phi) is 8.88. The third-order valence-corrected chi connectivity index (χ3v) is 6.85. The minimum atomic E-state index is -3.78. The Bertz CT molecular complexity index is 866. The van der Waals surface area contributed by atoms with Gasteiger partial charge in [0.1, 0.15) is 10.6 Å². The molecule has 174 valence electrons. The van der Waals surface area contributed by atoms with E-state index in [-0.39, 0.29) is 22.1 Å². The number of carbonyl (C=O) groups is 2. The second-order valence-electron chi connectivity index (χ2n) is 8.64. The molecule has 8 nitrogen and oxygen atoms in total. The van der Waals surface area contributed by atoms with Gasteiger partial charge in [0, 0.05) is 26.2 Å². The largest absolute Gasteiger partial charge is 0.495 e. The lowest BCUT2D eigenvalue weighted by molar-refractivity contribution is -0.135. The highest BCUT2D eigenvalue weighted by Crippen LogP contribution is 2.30. The van der Waals surface area contributed by atoms with Crippen LogP contribution in [0.15, 0.2) is 23.1 Å². The van der Waals surface area contributed by atoms with Gasteiger partial charge in [-0.05, 0) is 42.9 Å². The summed E-state index contributed by atoms with van der Waals surface area (Å²) in [6.45, 7) is 9.73. The first-order chi connectivity index (χ1) is 14.6. The highest BCUT2D eigenvalue weighted by molar-refractivity contribution is 7.89. The highest BCUT2D eigenvalue weighted by atomic mass is 32.2. The molecule has 1 amide bonds. The molecule has 0 N–H and O–H groups in total. The predicted molar refractivity (Wildman–Crippen MR) is 118 cm³/mol. The van der Waals surface area contributed by atoms with E-state index in [1.54, 1.807) is 4.90 Å². The smallest absolute Gasteiger partial charge is 0.338 e. The molecular formula is C22H34N2O6S. The summed E-state index contributed by atoms with van der Waals surface area (Å²) in [6.07, 6.45) is 1.60. The van der Waals surface area contributed by atoms with E-state index in [0.717, 1.165) is 12.8 Å². The zero-order valence-corrected chi connectivity index (χ0v) is 19.9. The monoisotopic (exact) mass is 454 g/mol. The second kappa shape index (κ2) is 10.9. The molecule has 0 aromatic heterocycles. The van der Waals surface area contributed by atoms with Gasteiger partial charge in [0.05, 0.1) is 12.7 Å². The van der Waals surface area contributed by atoms with Crippen molar-refractivity contribution in [2.24, 2.45) is 11.8 Å². The number of sulfonamides is 1. The van der Waals surface area contributed by atoms with E-state index in [1.807, 2.05) is 27.7 Å². The van der Waals surface area contributed by atoms with Gasteiger partial charge in [-0.3, -0.25) is 4.79 Å². The van der Waals surface area contributed by atoms with Crippen LogP contribution in [0, 0.1) is 11.8 Å². The normalized spacial score (nSPS) is 14.8. The van der Waals surface area contributed by atoms with Crippen LogP contribution in [-0.2, 0) is 19.6 Å². The maximum atomic E-state index is 13.0. The molecule has 0 aliphatic carbocycles. The molecule has 0 spiro atoms. The molecule has 9 heteroatoms.